The third-order valence-electron chi connectivity index (χ3n) is 2.66. The molecular formula is C13H14N2O3. The number of hydrogen-bond donors (Lipinski definition) is 2. The van der Waals surface area contributed by atoms with Crippen molar-refractivity contribution >= 4 is 22.6 Å². The van der Waals surface area contributed by atoms with Gasteiger partial charge >= 0.3 is 5.97 Å². The summed E-state index contributed by atoms with van der Waals surface area (Å²) in [5.74, 6) is -0.592. The average Bonchev–Trinajstić information content (AvgIpc) is 2.79. The molecule has 0 fully saturated rings. The number of nitrogens with zero attached hydrogens (tertiary/aromatic N) is 1. The van der Waals surface area contributed by atoms with E-state index in [0.29, 0.717) is 0 Å². The maximum atomic E-state index is 11.5. The SMILES string of the molecule is CCOC(=O)/C(Cc1c[nH]c2ccccc12)=N\O. The van der Waals surface area contributed by atoms with E-state index in [1.54, 1.807) is 13.1 Å². The molecule has 1 aromatic carbocycles. The minimum Gasteiger partial charge on any atom is -0.461 e. The van der Waals surface area contributed by atoms with Crippen molar-refractivity contribution in [3.63, 3.8) is 0 Å². The molecule has 1 aromatic heterocycles. The highest BCUT2D eigenvalue weighted by molar-refractivity contribution is 6.37. The van der Waals surface area contributed by atoms with E-state index < -0.39 is 5.97 Å². The van der Waals surface area contributed by atoms with E-state index in [1.165, 1.54) is 0 Å². The molecule has 0 spiro atoms. The van der Waals surface area contributed by atoms with Crippen LogP contribution < -0.4 is 0 Å². The summed E-state index contributed by atoms with van der Waals surface area (Å²) in [5, 5.41) is 12.9. The van der Waals surface area contributed by atoms with Gasteiger partial charge in [0.05, 0.1) is 6.61 Å². The van der Waals surface area contributed by atoms with Crippen LogP contribution in [-0.4, -0.2) is 28.5 Å². The van der Waals surface area contributed by atoms with E-state index in [2.05, 4.69) is 10.1 Å². The van der Waals surface area contributed by atoms with Crippen molar-refractivity contribution in [3.8, 4) is 0 Å². The number of benzene rings is 1. The van der Waals surface area contributed by atoms with Crippen molar-refractivity contribution in [2.24, 2.45) is 5.16 Å². The van der Waals surface area contributed by atoms with Crippen molar-refractivity contribution in [3.05, 3.63) is 36.0 Å². The second-order valence-corrected chi connectivity index (χ2v) is 3.80. The molecule has 5 heteroatoms. The molecule has 0 saturated heterocycles. The number of esters is 1. The number of hydrogen-bond acceptors (Lipinski definition) is 4. The van der Waals surface area contributed by atoms with Gasteiger partial charge in [0.15, 0.2) is 5.71 Å². The Morgan fingerprint density at radius 2 is 2.22 bits per heavy atom. The van der Waals surface area contributed by atoms with E-state index in [-0.39, 0.29) is 18.7 Å². The molecule has 2 N–H and O–H groups in total. The number of carbonyl (C=O) groups excluding carboxylic acids is 1. The van der Waals surface area contributed by atoms with Crippen LogP contribution in [0, 0.1) is 0 Å². The quantitative estimate of drug-likeness (QED) is 0.375. The van der Waals surface area contributed by atoms with Gasteiger partial charge in [-0.1, -0.05) is 23.4 Å². The Kier molecular flexibility index (Phi) is 3.62. The molecule has 0 radical (unpaired) electrons. The molecule has 0 bridgehead atoms. The molecule has 2 rings (SSSR count). The van der Waals surface area contributed by atoms with E-state index >= 15 is 0 Å². The number of H-pyrrole nitrogens is 1. The van der Waals surface area contributed by atoms with Crippen LogP contribution in [0.15, 0.2) is 35.6 Å². The van der Waals surface area contributed by atoms with Gasteiger partial charge in [-0.05, 0) is 18.6 Å². The van der Waals surface area contributed by atoms with Gasteiger partial charge in [0, 0.05) is 23.5 Å². The Hall–Kier alpha value is -2.30. The molecule has 0 aliphatic heterocycles. The van der Waals surface area contributed by atoms with E-state index in [9.17, 15) is 4.79 Å². The Bertz CT molecular complexity index is 587. The third kappa shape index (κ3) is 2.34. The van der Waals surface area contributed by atoms with Crippen molar-refractivity contribution in [1.29, 1.82) is 0 Å². The van der Waals surface area contributed by atoms with Crippen LogP contribution >= 0.6 is 0 Å². The molecule has 2 aromatic rings. The van der Waals surface area contributed by atoms with Gasteiger partial charge in [-0.15, -0.1) is 0 Å². The lowest BCUT2D eigenvalue weighted by atomic mass is 10.1. The summed E-state index contributed by atoms with van der Waals surface area (Å²) in [4.78, 5) is 14.6. The fourth-order valence-corrected chi connectivity index (χ4v) is 1.82. The molecule has 0 aliphatic carbocycles. The number of fused-ring (bicyclic) bond motifs is 1. The van der Waals surface area contributed by atoms with Crippen LogP contribution in [0.3, 0.4) is 0 Å². The van der Waals surface area contributed by atoms with Crippen LogP contribution in [0.4, 0.5) is 0 Å². The van der Waals surface area contributed by atoms with E-state index in [0.717, 1.165) is 16.5 Å². The largest absolute Gasteiger partial charge is 0.461 e. The summed E-state index contributed by atoms with van der Waals surface area (Å²) < 4.78 is 4.82. The maximum Gasteiger partial charge on any atom is 0.356 e. The fourth-order valence-electron chi connectivity index (χ4n) is 1.82. The zero-order chi connectivity index (χ0) is 13.0. The number of aromatic amines is 1. The van der Waals surface area contributed by atoms with E-state index in [1.807, 2.05) is 24.3 Å². The Balaban J connectivity index is 2.25. The van der Waals surface area contributed by atoms with Gasteiger partial charge in [0.1, 0.15) is 0 Å². The summed E-state index contributed by atoms with van der Waals surface area (Å²) in [6.07, 6.45) is 2.04. The second-order valence-electron chi connectivity index (χ2n) is 3.80. The monoisotopic (exact) mass is 246 g/mol. The Labute approximate surface area is 104 Å². The second kappa shape index (κ2) is 5.35. The topological polar surface area (TPSA) is 74.7 Å². The molecule has 0 amide bonds. The van der Waals surface area contributed by atoms with Crippen LogP contribution in [0.2, 0.25) is 0 Å². The normalized spacial score (nSPS) is 11.7. The summed E-state index contributed by atoms with van der Waals surface area (Å²) in [7, 11) is 0. The number of ether oxygens (including phenoxy) is 1. The predicted molar refractivity (Wildman–Crippen MR) is 67.9 cm³/mol. The lowest BCUT2D eigenvalue weighted by molar-refractivity contribution is -0.135. The highest BCUT2D eigenvalue weighted by atomic mass is 16.5. The Morgan fingerprint density at radius 3 is 2.94 bits per heavy atom. The summed E-state index contributed by atoms with van der Waals surface area (Å²) >= 11 is 0. The van der Waals surface area contributed by atoms with Gasteiger partial charge in [-0.2, -0.15) is 0 Å². The molecule has 94 valence electrons. The average molecular weight is 246 g/mol. The van der Waals surface area contributed by atoms with Gasteiger partial charge in [-0.3, -0.25) is 0 Å². The summed E-state index contributed by atoms with van der Waals surface area (Å²) in [5.41, 5.74) is 1.88. The lowest BCUT2D eigenvalue weighted by Crippen LogP contribution is -2.19. The first-order valence-corrected chi connectivity index (χ1v) is 5.69. The zero-order valence-electron chi connectivity index (χ0n) is 10.0. The number of para-hydroxylation sites is 1. The summed E-state index contributed by atoms with van der Waals surface area (Å²) in [6, 6.07) is 7.73. The number of oxime groups is 1. The highest BCUT2D eigenvalue weighted by Gasteiger charge is 2.16. The molecule has 0 aliphatic rings. The molecular weight excluding hydrogens is 232 g/mol. The molecule has 5 nitrogen and oxygen atoms in total. The number of aromatic nitrogens is 1. The highest BCUT2D eigenvalue weighted by Crippen LogP contribution is 2.18. The molecule has 0 saturated carbocycles. The smallest absolute Gasteiger partial charge is 0.356 e. The third-order valence-corrected chi connectivity index (χ3v) is 2.66. The van der Waals surface area contributed by atoms with Crippen LogP contribution in [0.5, 0.6) is 0 Å². The lowest BCUT2D eigenvalue weighted by Gasteiger charge is -2.03. The summed E-state index contributed by atoms with van der Waals surface area (Å²) in [6.45, 7) is 1.96. The van der Waals surface area contributed by atoms with Crippen molar-refractivity contribution in [2.45, 2.75) is 13.3 Å². The first-order chi connectivity index (χ1) is 8.76. The van der Waals surface area contributed by atoms with Crippen molar-refractivity contribution in [2.75, 3.05) is 6.61 Å². The van der Waals surface area contributed by atoms with Gasteiger partial charge in [0.2, 0.25) is 0 Å². The minimum absolute atomic E-state index is 0.00148. The van der Waals surface area contributed by atoms with Gasteiger partial charge in [-0.25, -0.2) is 4.79 Å². The molecule has 18 heavy (non-hydrogen) atoms. The maximum absolute atomic E-state index is 11.5. The van der Waals surface area contributed by atoms with Crippen LogP contribution in [-0.2, 0) is 16.0 Å². The predicted octanol–water partition coefficient (Wildman–Crippen LogP) is 2.10. The zero-order valence-corrected chi connectivity index (χ0v) is 10.0. The van der Waals surface area contributed by atoms with Crippen molar-refractivity contribution < 1.29 is 14.7 Å². The molecule has 0 unspecified atom stereocenters. The van der Waals surface area contributed by atoms with Crippen LogP contribution in [0.25, 0.3) is 10.9 Å². The number of rotatable bonds is 4. The molecule has 1 heterocycles. The first kappa shape index (κ1) is 12.2. The van der Waals surface area contributed by atoms with Gasteiger partial charge < -0.3 is 14.9 Å². The van der Waals surface area contributed by atoms with E-state index in [4.69, 9.17) is 9.94 Å². The molecule has 0 atom stereocenters. The minimum atomic E-state index is -0.592. The first-order valence-electron chi connectivity index (χ1n) is 5.69. The van der Waals surface area contributed by atoms with Crippen molar-refractivity contribution in [1.82, 2.24) is 4.98 Å². The fraction of sp³-hybridized carbons (Fsp3) is 0.231. The Morgan fingerprint density at radius 1 is 1.44 bits per heavy atom. The van der Waals surface area contributed by atoms with Crippen LogP contribution in [0.1, 0.15) is 12.5 Å². The number of carbonyl (C=O) groups is 1. The number of nitrogens with one attached hydrogen (secondary N) is 1. The van der Waals surface area contributed by atoms with Gasteiger partial charge in [0.25, 0.3) is 0 Å². The standard InChI is InChI=1S/C13H14N2O3/c1-2-18-13(16)12(15-17)7-9-8-14-11-6-4-3-5-10(9)11/h3-6,8,14,17H,2,7H2,1H3/b15-12-.